The number of allylic oxidation sites excluding steroid dienone is 1. The molecule has 0 spiro atoms. The second kappa shape index (κ2) is 9.09. The van der Waals surface area contributed by atoms with E-state index in [1.54, 1.807) is 22.3 Å². The smallest absolute Gasteiger partial charge is 0.359 e. The van der Waals surface area contributed by atoms with Gasteiger partial charge in [-0.1, -0.05) is 5.16 Å². The van der Waals surface area contributed by atoms with Crippen molar-refractivity contribution >= 4 is 51.3 Å². The highest BCUT2D eigenvalue weighted by molar-refractivity contribution is 7.13. The van der Waals surface area contributed by atoms with Gasteiger partial charge in [0.05, 0.1) is 6.04 Å². The van der Waals surface area contributed by atoms with Gasteiger partial charge in [0.25, 0.3) is 11.8 Å². The van der Waals surface area contributed by atoms with Gasteiger partial charge >= 0.3 is 5.97 Å². The zero-order chi connectivity index (χ0) is 24.6. The fourth-order valence-electron chi connectivity index (χ4n) is 4.09. The molecule has 1 saturated heterocycles. The van der Waals surface area contributed by atoms with E-state index in [1.165, 1.54) is 12.0 Å². The number of oxime groups is 1. The molecule has 0 saturated carbocycles. The van der Waals surface area contributed by atoms with E-state index in [9.17, 15) is 19.5 Å². The van der Waals surface area contributed by atoms with Gasteiger partial charge in [-0.3, -0.25) is 14.5 Å². The Kier molecular flexibility index (Phi) is 6.20. The number of amides is 2. The van der Waals surface area contributed by atoms with Crippen LogP contribution in [-0.4, -0.2) is 71.8 Å². The number of carbonyl (C=O) groups is 3. The molecule has 2 aromatic rings. The van der Waals surface area contributed by atoms with Crippen molar-refractivity contribution in [3.05, 3.63) is 41.3 Å². The SMILES string of the molecule is CON=C(C(=O)N[C@@H]1C(=O)N2C(C(=O)O)=C([n+]3ccc(N(C)C)cc3)CCC12)c1csc(N)n1. The Labute approximate surface area is 198 Å². The second-order valence-corrected chi connectivity index (χ2v) is 8.81. The van der Waals surface area contributed by atoms with Gasteiger partial charge in [-0.2, -0.15) is 4.57 Å². The quantitative estimate of drug-likeness (QED) is 0.212. The molecule has 0 aromatic carbocycles. The monoisotopic (exact) mass is 486 g/mol. The Balaban J connectivity index is 1.57. The molecular formula is C21H24N7O5S+. The topological polar surface area (TPSA) is 154 Å². The Hall–Kier alpha value is -4.00. The number of carboxylic acids is 1. The van der Waals surface area contributed by atoms with E-state index >= 15 is 0 Å². The maximum absolute atomic E-state index is 13.0. The van der Waals surface area contributed by atoms with Crippen molar-refractivity contribution in [3.8, 4) is 0 Å². The Morgan fingerprint density at radius 3 is 2.65 bits per heavy atom. The van der Waals surface area contributed by atoms with Crippen LogP contribution in [0.25, 0.3) is 5.70 Å². The lowest BCUT2D eigenvalue weighted by Gasteiger charge is -2.48. The number of pyridine rings is 1. The molecule has 2 aliphatic rings. The number of hydrogen-bond donors (Lipinski definition) is 3. The molecule has 2 amide bonds. The van der Waals surface area contributed by atoms with Crippen LogP contribution < -0.4 is 20.5 Å². The standard InChI is InChI=1S/C21H23N7O5S/c1-26(2)11-6-8-27(9-7-11)14-5-4-13-16(19(30)28(13)17(14)20(31)32)24-18(29)15(25-33-3)12-10-34-21(22)23-12/h6-10,13,16H,4-5H2,1-3H3,(H3-,22,23,24,29,31,32)/p+1/t13?,16-/m0/s1. The van der Waals surface area contributed by atoms with Gasteiger partial charge in [-0.25, -0.2) is 9.78 Å². The number of aliphatic carboxylic acids is 1. The minimum atomic E-state index is -1.21. The van der Waals surface area contributed by atoms with Crippen molar-refractivity contribution in [1.29, 1.82) is 0 Å². The molecule has 1 fully saturated rings. The number of anilines is 2. The largest absolute Gasteiger partial charge is 0.476 e. The minimum absolute atomic E-state index is 0.0904. The summed E-state index contributed by atoms with van der Waals surface area (Å²) >= 11 is 1.14. The Bertz CT molecular complexity index is 1200. The molecule has 2 aliphatic heterocycles. The predicted octanol–water partition coefficient (Wildman–Crippen LogP) is -0.128. The fourth-order valence-corrected chi connectivity index (χ4v) is 4.64. The van der Waals surface area contributed by atoms with E-state index in [4.69, 9.17) is 10.6 Å². The lowest BCUT2D eigenvalue weighted by Crippen LogP contribution is -2.72. The van der Waals surface area contributed by atoms with E-state index in [-0.39, 0.29) is 22.2 Å². The highest BCUT2D eigenvalue weighted by Gasteiger charge is 2.55. The molecule has 2 atom stereocenters. The number of aromatic nitrogens is 2. The Morgan fingerprint density at radius 1 is 1.38 bits per heavy atom. The van der Waals surface area contributed by atoms with Crippen molar-refractivity contribution in [2.75, 3.05) is 31.8 Å². The van der Waals surface area contributed by atoms with Gasteiger partial charge in [-0.15, -0.1) is 11.3 Å². The van der Waals surface area contributed by atoms with Crippen LogP contribution in [0.15, 0.2) is 40.8 Å². The molecule has 0 bridgehead atoms. The number of rotatable bonds is 7. The number of β-lactam (4-membered cyclic amide) rings is 1. The summed E-state index contributed by atoms with van der Waals surface area (Å²) in [5.74, 6) is -2.37. The fraction of sp³-hybridized carbons (Fsp3) is 0.333. The number of nitrogens with one attached hydrogen (secondary N) is 1. The third-order valence-electron chi connectivity index (χ3n) is 5.70. The van der Waals surface area contributed by atoms with Crippen LogP contribution in [0.4, 0.5) is 10.8 Å². The highest BCUT2D eigenvalue weighted by Crippen LogP contribution is 2.37. The molecule has 2 aromatic heterocycles. The molecular weight excluding hydrogens is 462 g/mol. The number of carbonyl (C=O) groups excluding carboxylic acids is 2. The lowest BCUT2D eigenvalue weighted by atomic mass is 9.85. The van der Waals surface area contributed by atoms with Gasteiger partial charge in [-0.05, 0) is 6.42 Å². The second-order valence-electron chi connectivity index (χ2n) is 7.92. The van der Waals surface area contributed by atoms with Gasteiger partial charge in [0.2, 0.25) is 5.70 Å². The summed E-state index contributed by atoms with van der Waals surface area (Å²) in [6.07, 6.45) is 4.43. The van der Waals surface area contributed by atoms with Crippen molar-refractivity contribution in [1.82, 2.24) is 15.2 Å². The molecule has 178 valence electrons. The number of carboxylic acid groups (broad SMARTS) is 1. The maximum atomic E-state index is 13.0. The highest BCUT2D eigenvalue weighted by atomic mass is 32.1. The molecule has 4 rings (SSSR count). The lowest BCUT2D eigenvalue weighted by molar-refractivity contribution is -0.585. The number of nitrogens with zero attached hydrogens (tertiary/aromatic N) is 5. The van der Waals surface area contributed by atoms with Crippen molar-refractivity contribution in [2.45, 2.75) is 24.9 Å². The first-order valence-electron chi connectivity index (χ1n) is 10.3. The maximum Gasteiger partial charge on any atom is 0.359 e. The summed E-state index contributed by atoms with van der Waals surface area (Å²) in [5, 5.41) is 18.1. The third-order valence-corrected chi connectivity index (χ3v) is 6.38. The average Bonchev–Trinajstić information content (AvgIpc) is 3.25. The summed E-state index contributed by atoms with van der Waals surface area (Å²) in [6.45, 7) is 0. The number of nitrogens with two attached hydrogens (primary N) is 1. The minimum Gasteiger partial charge on any atom is -0.476 e. The average molecular weight is 487 g/mol. The molecule has 4 N–H and O–H groups in total. The molecule has 1 unspecified atom stereocenters. The van der Waals surface area contributed by atoms with Crippen molar-refractivity contribution in [3.63, 3.8) is 0 Å². The third kappa shape index (κ3) is 4.05. The summed E-state index contributed by atoms with van der Waals surface area (Å²) in [7, 11) is 5.10. The van der Waals surface area contributed by atoms with Crippen LogP contribution >= 0.6 is 11.3 Å². The molecule has 0 radical (unpaired) electrons. The zero-order valence-electron chi connectivity index (χ0n) is 18.8. The van der Waals surface area contributed by atoms with E-state index in [0.29, 0.717) is 18.5 Å². The van der Waals surface area contributed by atoms with Crippen LogP contribution in [0, 0.1) is 0 Å². The predicted molar refractivity (Wildman–Crippen MR) is 124 cm³/mol. The normalized spacial score (nSPS) is 19.9. The molecule has 13 heteroatoms. The molecule has 0 aliphatic carbocycles. The van der Waals surface area contributed by atoms with Crippen molar-refractivity contribution in [2.24, 2.45) is 5.16 Å². The summed E-state index contributed by atoms with van der Waals surface area (Å²) in [4.78, 5) is 49.9. The molecule has 12 nitrogen and oxygen atoms in total. The Morgan fingerprint density at radius 2 is 2.09 bits per heavy atom. The zero-order valence-corrected chi connectivity index (χ0v) is 19.6. The van der Waals surface area contributed by atoms with E-state index < -0.39 is 29.9 Å². The van der Waals surface area contributed by atoms with Gasteiger partial charge in [0, 0.05) is 43.7 Å². The van der Waals surface area contributed by atoms with Crippen LogP contribution in [0.1, 0.15) is 18.5 Å². The summed E-state index contributed by atoms with van der Waals surface area (Å²) in [6, 6.07) is 2.35. The first-order chi connectivity index (χ1) is 16.2. The number of nitrogen functional groups attached to an aromatic ring is 1. The van der Waals surface area contributed by atoms with E-state index in [0.717, 1.165) is 17.0 Å². The van der Waals surface area contributed by atoms with Crippen LogP contribution in [0.3, 0.4) is 0 Å². The van der Waals surface area contributed by atoms with Gasteiger partial charge in [0.15, 0.2) is 28.9 Å². The number of hydrogen-bond acceptors (Lipinski definition) is 9. The van der Waals surface area contributed by atoms with Crippen LogP contribution in [-0.2, 0) is 19.2 Å². The first kappa shape index (κ1) is 23.2. The van der Waals surface area contributed by atoms with E-state index in [1.807, 2.05) is 31.1 Å². The van der Waals surface area contributed by atoms with E-state index in [2.05, 4.69) is 15.5 Å². The first-order valence-corrected chi connectivity index (χ1v) is 11.2. The molecule has 34 heavy (non-hydrogen) atoms. The van der Waals surface area contributed by atoms with Gasteiger partial charge in [0.1, 0.15) is 18.8 Å². The number of thiazole rings is 1. The summed E-state index contributed by atoms with van der Waals surface area (Å²) < 4.78 is 1.71. The van der Waals surface area contributed by atoms with Gasteiger partial charge < -0.3 is 25.9 Å². The number of fused-ring (bicyclic) bond motifs is 1. The van der Waals surface area contributed by atoms with Crippen LogP contribution in [0.5, 0.6) is 0 Å². The van der Waals surface area contributed by atoms with Crippen molar-refractivity contribution < 1.29 is 28.9 Å². The van der Waals surface area contributed by atoms with Crippen LogP contribution in [0.2, 0.25) is 0 Å². The molecule has 4 heterocycles. The summed E-state index contributed by atoms with van der Waals surface area (Å²) in [5.41, 5.74) is 7.12.